The fourth-order valence-corrected chi connectivity index (χ4v) is 1.76. The summed E-state index contributed by atoms with van der Waals surface area (Å²) in [5, 5.41) is 0. The average molecular weight is 218 g/mol. The highest BCUT2D eigenvalue weighted by atomic mass is 32.2. The Hall–Kier alpha value is -1.55. The van der Waals surface area contributed by atoms with Crippen LogP contribution in [0.25, 0.3) is 11.4 Å². The Morgan fingerprint density at radius 1 is 1.33 bits per heavy atom. The van der Waals surface area contributed by atoms with Gasteiger partial charge in [0.15, 0.2) is 0 Å². The molecule has 0 saturated heterocycles. The number of hydrogen-bond donors (Lipinski definition) is 1. The van der Waals surface area contributed by atoms with Gasteiger partial charge < -0.3 is 4.98 Å². The molecule has 0 aromatic carbocycles. The Labute approximate surface area is 91.6 Å². The maximum Gasteiger partial charge on any atom is 0.249 e. The topological polar surface area (TPSA) is 45.8 Å². The molecule has 0 aliphatic heterocycles. The molecule has 4 heteroatoms. The Morgan fingerprint density at radius 3 is 2.87 bits per heavy atom. The van der Waals surface area contributed by atoms with Crippen LogP contribution in [-0.4, -0.2) is 16.2 Å². The highest BCUT2D eigenvalue weighted by Gasteiger charge is 2.01. The molecule has 0 aliphatic carbocycles. The molecule has 0 amide bonds. The van der Waals surface area contributed by atoms with Gasteiger partial charge >= 0.3 is 0 Å². The number of nitrogens with one attached hydrogen (secondary N) is 1. The number of H-pyrrole nitrogens is 1. The van der Waals surface area contributed by atoms with E-state index in [4.69, 9.17) is 0 Å². The lowest BCUT2D eigenvalue weighted by molar-refractivity contribution is 1.16. The third-order valence-electron chi connectivity index (χ3n) is 1.99. The van der Waals surface area contributed by atoms with Crippen LogP contribution in [0.2, 0.25) is 0 Å². The van der Waals surface area contributed by atoms with Crippen LogP contribution in [0.15, 0.2) is 46.2 Å². The molecule has 3 nitrogen and oxygen atoms in total. The Morgan fingerprint density at radius 2 is 2.20 bits per heavy atom. The second kappa shape index (κ2) is 4.31. The van der Waals surface area contributed by atoms with Crippen molar-refractivity contribution in [2.75, 3.05) is 6.26 Å². The van der Waals surface area contributed by atoms with Crippen molar-refractivity contribution < 1.29 is 0 Å². The van der Waals surface area contributed by atoms with Gasteiger partial charge in [0.05, 0.1) is 11.4 Å². The molecule has 0 saturated carbocycles. The van der Waals surface area contributed by atoms with E-state index in [0.717, 1.165) is 16.3 Å². The normalized spacial score (nSPS) is 10.2. The second-order valence-corrected chi connectivity index (χ2v) is 3.89. The molecule has 0 fully saturated rings. The van der Waals surface area contributed by atoms with Crippen molar-refractivity contribution in [2.45, 2.75) is 4.90 Å². The van der Waals surface area contributed by atoms with Gasteiger partial charge in [0, 0.05) is 17.2 Å². The maximum atomic E-state index is 11.3. The van der Waals surface area contributed by atoms with E-state index in [-0.39, 0.29) is 5.56 Å². The molecule has 2 aromatic rings. The first-order valence-electron chi connectivity index (χ1n) is 4.49. The molecule has 0 spiro atoms. The van der Waals surface area contributed by atoms with Crippen molar-refractivity contribution >= 4 is 11.8 Å². The van der Waals surface area contributed by atoms with Crippen molar-refractivity contribution in [2.24, 2.45) is 0 Å². The summed E-state index contributed by atoms with van der Waals surface area (Å²) in [5.74, 6) is 0. The number of rotatable bonds is 2. The summed E-state index contributed by atoms with van der Waals surface area (Å²) in [7, 11) is 0. The minimum absolute atomic E-state index is 0.0949. The van der Waals surface area contributed by atoms with E-state index in [2.05, 4.69) is 9.97 Å². The van der Waals surface area contributed by atoms with Crippen LogP contribution in [0.4, 0.5) is 0 Å². The van der Waals surface area contributed by atoms with E-state index >= 15 is 0 Å². The molecule has 76 valence electrons. The minimum atomic E-state index is -0.0949. The number of thioether (sulfide) groups is 1. The van der Waals surface area contributed by atoms with Gasteiger partial charge in [0.25, 0.3) is 0 Å². The number of aromatic nitrogens is 2. The molecule has 0 bridgehead atoms. The SMILES string of the molecule is CSc1cc(-c2ccccn2)[nH]c(=O)c1. The summed E-state index contributed by atoms with van der Waals surface area (Å²) in [6.45, 7) is 0. The predicted octanol–water partition coefficient (Wildman–Crippen LogP) is 2.16. The van der Waals surface area contributed by atoms with E-state index in [1.807, 2.05) is 30.5 Å². The lowest BCUT2D eigenvalue weighted by Gasteiger charge is -2.01. The van der Waals surface area contributed by atoms with Gasteiger partial charge in [0.1, 0.15) is 0 Å². The van der Waals surface area contributed by atoms with Gasteiger partial charge in [-0.3, -0.25) is 9.78 Å². The van der Waals surface area contributed by atoms with Crippen LogP contribution in [0.1, 0.15) is 0 Å². The standard InChI is InChI=1S/C11H10N2OS/c1-15-8-6-10(13-11(14)7-8)9-4-2-3-5-12-9/h2-7H,1H3,(H,13,14). The minimum Gasteiger partial charge on any atom is -0.321 e. The van der Waals surface area contributed by atoms with Crippen molar-refractivity contribution in [3.63, 3.8) is 0 Å². The lowest BCUT2D eigenvalue weighted by Crippen LogP contribution is -2.05. The van der Waals surface area contributed by atoms with Gasteiger partial charge in [-0.15, -0.1) is 11.8 Å². The molecule has 15 heavy (non-hydrogen) atoms. The maximum absolute atomic E-state index is 11.3. The largest absolute Gasteiger partial charge is 0.321 e. The summed E-state index contributed by atoms with van der Waals surface area (Å²) in [6, 6.07) is 9.12. The van der Waals surface area contributed by atoms with Crippen molar-refractivity contribution in [1.29, 1.82) is 0 Å². The summed E-state index contributed by atoms with van der Waals surface area (Å²) < 4.78 is 0. The molecule has 0 aliphatic rings. The third kappa shape index (κ3) is 2.27. The van der Waals surface area contributed by atoms with Gasteiger partial charge in [-0.1, -0.05) is 6.07 Å². The molecule has 1 N–H and O–H groups in total. The monoisotopic (exact) mass is 218 g/mol. The van der Waals surface area contributed by atoms with Crippen LogP contribution in [0.5, 0.6) is 0 Å². The second-order valence-electron chi connectivity index (χ2n) is 3.01. The van der Waals surface area contributed by atoms with Gasteiger partial charge in [-0.2, -0.15) is 0 Å². The predicted molar refractivity (Wildman–Crippen MR) is 62.1 cm³/mol. The third-order valence-corrected chi connectivity index (χ3v) is 2.70. The zero-order valence-corrected chi connectivity index (χ0v) is 9.04. The fraction of sp³-hybridized carbons (Fsp3) is 0.0909. The van der Waals surface area contributed by atoms with Crippen LogP contribution in [0, 0.1) is 0 Å². The number of hydrogen-bond acceptors (Lipinski definition) is 3. The van der Waals surface area contributed by atoms with Gasteiger partial charge in [-0.25, -0.2) is 0 Å². The highest BCUT2D eigenvalue weighted by molar-refractivity contribution is 7.98. The van der Waals surface area contributed by atoms with Crippen LogP contribution >= 0.6 is 11.8 Å². The first-order chi connectivity index (χ1) is 7.29. The Bertz CT molecular complexity index is 507. The fourth-order valence-electron chi connectivity index (χ4n) is 1.30. The molecule has 2 rings (SSSR count). The molecule has 2 aromatic heterocycles. The zero-order chi connectivity index (χ0) is 10.7. The Kier molecular flexibility index (Phi) is 2.87. The first-order valence-corrected chi connectivity index (χ1v) is 5.72. The van der Waals surface area contributed by atoms with E-state index in [1.165, 1.54) is 0 Å². The molecular formula is C11H10N2OS. The number of nitrogens with zero attached hydrogens (tertiary/aromatic N) is 1. The van der Waals surface area contributed by atoms with Crippen molar-refractivity contribution in [1.82, 2.24) is 9.97 Å². The summed E-state index contributed by atoms with van der Waals surface area (Å²) in [4.78, 5) is 19.2. The van der Waals surface area contributed by atoms with Crippen LogP contribution in [-0.2, 0) is 0 Å². The van der Waals surface area contributed by atoms with Crippen LogP contribution < -0.4 is 5.56 Å². The molecule has 0 unspecified atom stereocenters. The summed E-state index contributed by atoms with van der Waals surface area (Å²) in [5.41, 5.74) is 1.44. The Balaban J connectivity index is 2.54. The quantitative estimate of drug-likeness (QED) is 0.786. The van der Waals surface area contributed by atoms with Crippen molar-refractivity contribution in [3.05, 3.63) is 46.9 Å². The van der Waals surface area contributed by atoms with Gasteiger partial charge in [0.2, 0.25) is 5.56 Å². The van der Waals surface area contributed by atoms with Gasteiger partial charge in [-0.05, 0) is 24.5 Å². The molecule has 0 radical (unpaired) electrons. The van der Waals surface area contributed by atoms with E-state index in [0.29, 0.717) is 0 Å². The highest BCUT2D eigenvalue weighted by Crippen LogP contribution is 2.18. The average Bonchev–Trinajstić information content (AvgIpc) is 2.29. The van der Waals surface area contributed by atoms with E-state index in [9.17, 15) is 4.79 Å². The van der Waals surface area contributed by atoms with Crippen molar-refractivity contribution in [3.8, 4) is 11.4 Å². The van der Waals surface area contributed by atoms with E-state index < -0.39 is 0 Å². The molecular weight excluding hydrogens is 208 g/mol. The number of aromatic amines is 1. The van der Waals surface area contributed by atoms with Crippen LogP contribution in [0.3, 0.4) is 0 Å². The summed E-state index contributed by atoms with van der Waals surface area (Å²) in [6.07, 6.45) is 3.65. The number of pyridine rings is 2. The zero-order valence-electron chi connectivity index (χ0n) is 8.23. The lowest BCUT2D eigenvalue weighted by atomic mass is 10.2. The summed E-state index contributed by atoms with van der Waals surface area (Å²) >= 11 is 1.54. The molecule has 2 heterocycles. The first kappa shape index (κ1) is 9.98. The van der Waals surface area contributed by atoms with E-state index in [1.54, 1.807) is 24.0 Å². The molecule has 0 atom stereocenters. The smallest absolute Gasteiger partial charge is 0.249 e.